The van der Waals surface area contributed by atoms with Crippen molar-refractivity contribution in [2.24, 2.45) is 5.41 Å². The monoisotopic (exact) mass is 332 g/mol. The predicted octanol–water partition coefficient (Wildman–Crippen LogP) is 2.39. The Bertz CT molecular complexity index is 581. The lowest BCUT2D eigenvalue weighted by molar-refractivity contribution is 0.238. The Morgan fingerprint density at radius 1 is 1.33 bits per heavy atom. The number of sulfonamides is 1. The molecular weight excluding hydrogens is 308 g/mol. The largest absolute Gasteiger partial charge is 0.316 e. The molecule has 1 aliphatic heterocycles. The van der Waals surface area contributed by atoms with Crippen LogP contribution in [0.25, 0.3) is 0 Å². The molecule has 0 aromatic heterocycles. The van der Waals surface area contributed by atoms with Crippen LogP contribution in [0.2, 0.25) is 0 Å². The second-order valence-electron chi connectivity index (χ2n) is 6.18. The molecule has 0 bridgehead atoms. The summed E-state index contributed by atoms with van der Waals surface area (Å²) in [4.78, 5) is 0.385. The summed E-state index contributed by atoms with van der Waals surface area (Å²) in [7, 11) is -3.42. The average molecular weight is 333 g/mol. The number of aryl methyl sites for hydroxylation is 2. The van der Waals surface area contributed by atoms with Gasteiger partial charge in [-0.05, 0) is 50.3 Å². The highest BCUT2D eigenvalue weighted by atomic mass is 35.5. The van der Waals surface area contributed by atoms with E-state index in [9.17, 15) is 8.42 Å². The highest BCUT2D eigenvalue weighted by Crippen LogP contribution is 2.25. The first-order valence-electron chi connectivity index (χ1n) is 7.10. The third-order valence-electron chi connectivity index (χ3n) is 3.99. The molecule has 1 unspecified atom stereocenters. The molecule has 1 aromatic rings. The van der Waals surface area contributed by atoms with Gasteiger partial charge in [-0.15, -0.1) is 12.4 Å². The third-order valence-corrected chi connectivity index (χ3v) is 5.56. The summed E-state index contributed by atoms with van der Waals surface area (Å²) in [5.74, 6) is 0. The Morgan fingerprint density at radius 2 is 2.05 bits per heavy atom. The first-order chi connectivity index (χ1) is 9.32. The molecule has 120 valence electrons. The molecule has 2 rings (SSSR count). The summed E-state index contributed by atoms with van der Waals surface area (Å²) in [6.07, 6.45) is 2.15. The lowest BCUT2D eigenvalue weighted by Gasteiger charge is -2.34. The van der Waals surface area contributed by atoms with E-state index in [0.717, 1.165) is 37.1 Å². The molecule has 0 saturated carbocycles. The summed E-state index contributed by atoms with van der Waals surface area (Å²) < 4.78 is 27.6. The quantitative estimate of drug-likeness (QED) is 0.890. The Morgan fingerprint density at radius 3 is 2.62 bits per heavy atom. The van der Waals surface area contributed by atoms with Gasteiger partial charge in [0.15, 0.2) is 0 Å². The van der Waals surface area contributed by atoms with E-state index in [1.165, 1.54) is 0 Å². The Hall–Kier alpha value is -0.620. The normalized spacial score (nSPS) is 22.6. The van der Waals surface area contributed by atoms with Crippen LogP contribution in [-0.4, -0.2) is 28.1 Å². The van der Waals surface area contributed by atoms with Crippen molar-refractivity contribution in [1.82, 2.24) is 10.0 Å². The number of halogens is 1. The van der Waals surface area contributed by atoms with E-state index in [0.29, 0.717) is 11.4 Å². The zero-order chi connectivity index (χ0) is 14.8. The maximum Gasteiger partial charge on any atom is 0.240 e. The average Bonchev–Trinajstić information content (AvgIpc) is 2.37. The fourth-order valence-corrected chi connectivity index (χ4v) is 4.14. The highest BCUT2D eigenvalue weighted by Gasteiger charge is 2.29. The first-order valence-corrected chi connectivity index (χ1v) is 8.58. The van der Waals surface area contributed by atoms with Crippen LogP contribution in [0, 0.1) is 19.3 Å². The first kappa shape index (κ1) is 18.4. The molecule has 0 aliphatic carbocycles. The van der Waals surface area contributed by atoms with Crippen molar-refractivity contribution in [2.75, 3.05) is 19.6 Å². The van der Waals surface area contributed by atoms with Crippen LogP contribution in [-0.2, 0) is 10.0 Å². The van der Waals surface area contributed by atoms with E-state index in [1.54, 1.807) is 6.07 Å². The summed E-state index contributed by atoms with van der Waals surface area (Å²) in [5, 5.41) is 3.34. The SMILES string of the molecule is Cc1ccc(S(=O)(=O)NCC2(C)CCCNC2)c(C)c1.Cl. The molecule has 1 saturated heterocycles. The lowest BCUT2D eigenvalue weighted by atomic mass is 9.83. The molecule has 21 heavy (non-hydrogen) atoms. The Labute approximate surface area is 134 Å². The van der Waals surface area contributed by atoms with Gasteiger partial charge < -0.3 is 5.32 Å². The van der Waals surface area contributed by atoms with E-state index in [-0.39, 0.29) is 17.8 Å². The molecule has 1 aliphatic rings. The van der Waals surface area contributed by atoms with Crippen LogP contribution < -0.4 is 10.0 Å². The van der Waals surface area contributed by atoms with Crippen molar-refractivity contribution < 1.29 is 8.42 Å². The summed E-state index contributed by atoms with van der Waals surface area (Å²) in [6, 6.07) is 5.43. The third kappa shape index (κ3) is 4.68. The van der Waals surface area contributed by atoms with Gasteiger partial charge >= 0.3 is 0 Å². The van der Waals surface area contributed by atoms with Crippen molar-refractivity contribution in [3.8, 4) is 0 Å². The van der Waals surface area contributed by atoms with Gasteiger partial charge in [0.2, 0.25) is 10.0 Å². The topological polar surface area (TPSA) is 58.2 Å². The molecule has 1 heterocycles. The van der Waals surface area contributed by atoms with Crippen molar-refractivity contribution in [1.29, 1.82) is 0 Å². The lowest BCUT2D eigenvalue weighted by Crippen LogP contribution is -2.45. The number of hydrogen-bond acceptors (Lipinski definition) is 3. The van der Waals surface area contributed by atoms with Gasteiger partial charge in [0.1, 0.15) is 0 Å². The molecule has 1 atom stereocenters. The molecule has 1 aromatic carbocycles. The van der Waals surface area contributed by atoms with Crippen molar-refractivity contribution in [3.05, 3.63) is 29.3 Å². The molecular formula is C15H25ClN2O2S. The van der Waals surface area contributed by atoms with Crippen LogP contribution in [0.3, 0.4) is 0 Å². The summed E-state index contributed by atoms with van der Waals surface area (Å²) in [5.41, 5.74) is 1.87. The zero-order valence-corrected chi connectivity index (χ0v) is 14.5. The van der Waals surface area contributed by atoms with Crippen LogP contribution >= 0.6 is 12.4 Å². The Balaban J connectivity index is 0.00000220. The molecule has 0 radical (unpaired) electrons. The number of piperidine rings is 1. The van der Waals surface area contributed by atoms with Crippen LogP contribution in [0.15, 0.2) is 23.1 Å². The van der Waals surface area contributed by atoms with Gasteiger partial charge in [0.05, 0.1) is 4.90 Å². The smallest absolute Gasteiger partial charge is 0.240 e. The zero-order valence-electron chi connectivity index (χ0n) is 12.9. The van der Waals surface area contributed by atoms with Crippen LogP contribution in [0.4, 0.5) is 0 Å². The minimum absolute atomic E-state index is 0. The minimum atomic E-state index is -3.42. The van der Waals surface area contributed by atoms with Crippen molar-refractivity contribution in [3.63, 3.8) is 0 Å². The van der Waals surface area contributed by atoms with Gasteiger partial charge in [-0.3, -0.25) is 0 Å². The predicted molar refractivity (Wildman–Crippen MR) is 88.6 cm³/mol. The van der Waals surface area contributed by atoms with Gasteiger partial charge in [-0.2, -0.15) is 0 Å². The molecule has 0 spiro atoms. The van der Waals surface area contributed by atoms with Gasteiger partial charge in [-0.25, -0.2) is 13.1 Å². The van der Waals surface area contributed by atoms with Crippen LogP contribution in [0.1, 0.15) is 30.9 Å². The molecule has 0 amide bonds. The fourth-order valence-electron chi connectivity index (χ4n) is 2.72. The molecule has 4 nitrogen and oxygen atoms in total. The minimum Gasteiger partial charge on any atom is -0.316 e. The maximum absolute atomic E-state index is 12.4. The number of hydrogen-bond donors (Lipinski definition) is 2. The van der Waals surface area contributed by atoms with Gasteiger partial charge in [-0.1, -0.05) is 24.6 Å². The second-order valence-corrected chi connectivity index (χ2v) is 7.92. The molecule has 6 heteroatoms. The number of rotatable bonds is 4. The highest BCUT2D eigenvalue weighted by molar-refractivity contribution is 7.89. The fraction of sp³-hybridized carbons (Fsp3) is 0.600. The van der Waals surface area contributed by atoms with E-state index in [2.05, 4.69) is 17.0 Å². The van der Waals surface area contributed by atoms with E-state index < -0.39 is 10.0 Å². The van der Waals surface area contributed by atoms with Gasteiger partial charge in [0, 0.05) is 13.1 Å². The second kappa shape index (κ2) is 7.09. The van der Waals surface area contributed by atoms with E-state index in [1.807, 2.05) is 26.0 Å². The summed E-state index contributed by atoms with van der Waals surface area (Å²) in [6.45, 7) is 8.30. The number of benzene rings is 1. The van der Waals surface area contributed by atoms with E-state index in [4.69, 9.17) is 0 Å². The summed E-state index contributed by atoms with van der Waals surface area (Å²) >= 11 is 0. The Kier molecular flexibility index (Phi) is 6.23. The van der Waals surface area contributed by atoms with Gasteiger partial charge in [0.25, 0.3) is 0 Å². The maximum atomic E-state index is 12.4. The molecule has 2 N–H and O–H groups in total. The molecule has 1 fully saturated rings. The van der Waals surface area contributed by atoms with E-state index >= 15 is 0 Å². The van der Waals surface area contributed by atoms with Crippen molar-refractivity contribution >= 4 is 22.4 Å². The van der Waals surface area contributed by atoms with Crippen molar-refractivity contribution in [2.45, 2.75) is 38.5 Å². The van der Waals surface area contributed by atoms with Crippen LogP contribution in [0.5, 0.6) is 0 Å². The standard InChI is InChI=1S/C15H24N2O2S.ClH/c1-12-5-6-14(13(2)9-12)20(18,19)17-11-15(3)7-4-8-16-10-15;/h5-6,9,16-17H,4,7-8,10-11H2,1-3H3;1H. The number of nitrogens with one attached hydrogen (secondary N) is 2.